The van der Waals surface area contributed by atoms with Gasteiger partial charge in [0, 0.05) is 12.1 Å². The fourth-order valence-corrected chi connectivity index (χ4v) is 2.45. The maximum Gasteiger partial charge on any atom is 0.0684 e. The van der Waals surface area contributed by atoms with Gasteiger partial charge in [-0.05, 0) is 32.7 Å². The van der Waals surface area contributed by atoms with Gasteiger partial charge in [0.25, 0.3) is 0 Å². The molecule has 0 saturated carbocycles. The first-order chi connectivity index (χ1) is 6.71. The number of nitrogens with zero attached hydrogens (tertiary/aromatic N) is 1. The van der Waals surface area contributed by atoms with E-state index in [9.17, 15) is 5.11 Å². The fraction of sp³-hybridized carbons (Fsp3) is 1.00. The molecule has 0 radical (unpaired) electrons. The molecule has 0 aromatic carbocycles. The van der Waals surface area contributed by atoms with Crippen molar-refractivity contribution in [2.75, 3.05) is 13.1 Å². The predicted molar refractivity (Wildman–Crippen MR) is 62.5 cm³/mol. The Labute approximate surface area is 89.3 Å². The number of fused-ring (bicyclic) bond motifs is 1. The van der Waals surface area contributed by atoms with Gasteiger partial charge in [-0.3, -0.25) is 4.90 Å². The molecule has 2 saturated heterocycles. The van der Waals surface area contributed by atoms with Crippen LogP contribution in [0.2, 0.25) is 0 Å². The average Bonchev–Trinajstić information content (AvgIpc) is 2.65. The van der Waals surface area contributed by atoms with Crippen molar-refractivity contribution in [3.8, 4) is 0 Å². The van der Waals surface area contributed by atoms with Crippen molar-refractivity contribution >= 4 is 0 Å². The Balaban J connectivity index is 0.000000379. The molecule has 2 nitrogen and oxygen atoms in total. The van der Waals surface area contributed by atoms with Crippen molar-refractivity contribution in [1.82, 2.24) is 4.90 Å². The second-order valence-electron chi connectivity index (χ2n) is 3.90. The Morgan fingerprint density at radius 2 is 1.79 bits per heavy atom. The molecule has 0 bridgehead atoms. The van der Waals surface area contributed by atoms with E-state index in [0.717, 1.165) is 13.0 Å². The summed E-state index contributed by atoms with van der Waals surface area (Å²) in [7, 11) is 0. The summed E-state index contributed by atoms with van der Waals surface area (Å²) in [6, 6.07) is 0. The molecule has 14 heavy (non-hydrogen) atoms. The minimum absolute atomic E-state index is 0.0506. The van der Waals surface area contributed by atoms with Gasteiger partial charge in [0.2, 0.25) is 0 Å². The zero-order chi connectivity index (χ0) is 11.2. The van der Waals surface area contributed by atoms with E-state index in [2.05, 4.69) is 11.8 Å². The lowest BCUT2D eigenvalue weighted by Gasteiger charge is -2.26. The highest BCUT2D eigenvalue weighted by Crippen LogP contribution is 2.37. The molecule has 2 atom stereocenters. The number of β-amino-alcohol motifs (C(OH)–C–C–N with tert-alkyl or cyclic N) is 1. The Morgan fingerprint density at radius 3 is 2.29 bits per heavy atom. The van der Waals surface area contributed by atoms with Crippen LogP contribution in [0.25, 0.3) is 0 Å². The monoisotopic (exact) mass is 201 g/mol. The number of aliphatic hydroxyl groups is 1. The summed E-state index contributed by atoms with van der Waals surface area (Å²) in [5.74, 6) is 0. The van der Waals surface area contributed by atoms with Gasteiger partial charge >= 0.3 is 0 Å². The molecule has 2 fully saturated rings. The van der Waals surface area contributed by atoms with Crippen LogP contribution in [-0.2, 0) is 0 Å². The summed E-state index contributed by atoms with van der Waals surface area (Å²) in [5.41, 5.74) is 0.361. The Hall–Kier alpha value is -0.0800. The minimum Gasteiger partial charge on any atom is -0.392 e. The molecular formula is C12H27NO. The zero-order valence-corrected chi connectivity index (χ0v) is 10.5. The van der Waals surface area contributed by atoms with Gasteiger partial charge in [-0.15, -0.1) is 0 Å². The van der Waals surface area contributed by atoms with Crippen molar-refractivity contribution in [3.63, 3.8) is 0 Å². The maximum absolute atomic E-state index is 9.36. The molecule has 0 aromatic rings. The SMILES string of the molecule is CC.CC.CC12CCCN1CC(O)C2. The van der Waals surface area contributed by atoms with Crippen molar-refractivity contribution < 1.29 is 5.11 Å². The van der Waals surface area contributed by atoms with Crippen LogP contribution in [0.15, 0.2) is 0 Å². The molecule has 86 valence electrons. The van der Waals surface area contributed by atoms with E-state index in [0.29, 0.717) is 5.54 Å². The highest BCUT2D eigenvalue weighted by atomic mass is 16.3. The van der Waals surface area contributed by atoms with Gasteiger partial charge in [0.1, 0.15) is 0 Å². The Morgan fingerprint density at radius 1 is 1.21 bits per heavy atom. The van der Waals surface area contributed by atoms with E-state index >= 15 is 0 Å². The van der Waals surface area contributed by atoms with E-state index in [-0.39, 0.29) is 6.10 Å². The molecule has 0 amide bonds. The third kappa shape index (κ3) is 2.96. The van der Waals surface area contributed by atoms with Crippen molar-refractivity contribution in [1.29, 1.82) is 0 Å². The lowest BCUT2D eigenvalue weighted by atomic mass is 9.96. The normalized spacial score (nSPS) is 35.1. The van der Waals surface area contributed by atoms with E-state index in [1.54, 1.807) is 0 Å². The first kappa shape index (κ1) is 13.9. The van der Waals surface area contributed by atoms with Gasteiger partial charge < -0.3 is 5.11 Å². The molecule has 2 aliphatic rings. The molecular weight excluding hydrogens is 174 g/mol. The topological polar surface area (TPSA) is 23.5 Å². The number of hydrogen-bond donors (Lipinski definition) is 1. The highest BCUT2D eigenvalue weighted by molar-refractivity contribution is 4.99. The molecule has 0 spiro atoms. The molecule has 2 unspecified atom stereocenters. The fourth-order valence-electron chi connectivity index (χ4n) is 2.45. The number of rotatable bonds is 0. The maximum atomic E-state index is 9.36. The molecule has 0 aromatic heterocycles. The van der Waals surface area contributed by atoms with Crippen LogP contribution in [0.4, 0.5) is 0 Å². The van der Waals surface area contributed by atoms with Crippen LogP contribution in [0.3, 0.4) is 0 Å². The van der Waals surface area contributed by atoms with Crippen molar-refractivity contribution in [2.24, 2.45) is 0 Å². The summed E-state index contributed by atoms with van der Waals surface area (Å²) < 4.78 is 0. The van der Waals surface area contributed by atoms with Crippen LogP contribution in [0.5, 0.6) is 0 Å². The van der Waals surface area contributed by atoms with Crippen molar-refractivity contribution in [3.05, 3.63) is 0 Å². The van der Waals surface area contributed by atoms with E-state index in [1.165, 1.54) is 19.4 Å². The van der Waals surface area contributed by atoms with Crippen LogP contribution >= 0.6 is 0 Å². The van der Waals surface area contributed by atoms with Gasteiger partial charge in [-0.1, -0.05) is 27.7 Å². The first-order valence-corrected chi connectivity index (χ1v) is 6.14. The largest absolute Gasteiger partial charge is 0.392 e. The third-order valence-corrected chi connectivity index (χ3v) is 3.01. The summed E-state index contributed by atoms with van der Waals surface area (Å²) in [6.45, 7) is 12.4. The molecule has 1 N–H and O–H groups in total. The molecule has 2 heterocycles. The van der Waals surface area contributed by atoms with Crippen LogP contribution in [0, 0.1) is 0 Å². The van der Waals surface area contributed by atoms with E-state index < -0.39 is 0 Å². The summed E-state index contributed by atoms with van der Waals surface area (Å²) in [5, 5.41) is 9.36. The van der Waals surface area contributed by atoms with Gasteiger partial charge in [-0.25, -0.2) is 0 Å². The average molecular weight is 201 g/mol. The lowest BCUT2D eigenvalue weighted by Crippen LogP contribution is -2.34. The lowest BCUT2D eigenvalue weighted by molar-refractivity contribution is 0.177. The predicted octanol–water partition coefficient (Wildman–Crippen LogP) is 2.66. The first-order valence-electron chi connectivity index (χ1n) is 6.14. The Bertz CT molecular complexity index is 149. The smallest absolute Gasteiger partial charge is 0.0684 e. The van der Waals surface area contributed by atoms with Crippen LogP contribution in [0.1, 0.15) is 53.9 Å². The van der Waals surface area contributed by atoms with Crippen LogP contribution < -0.4 is 0 Å². The third-order valence-electron chi connectivity index (χ3n) is 3.01. The van der Waals surface area contributed by atoms with Gasteiger partial charge in [0.15, 0.2) is 0 Å². The molecule has 2 aliphatic heterocycles. The van der Waals surface area contributed by atoms with E-state index in [4.69, 9.17) is 0 Å². The highest BCUT2D eigenvalue weighted by Gasteiger charge is 2.43. The molecule has 0 aliphatic carbocycles. The molecule has 2 heteroatoms. The second kappa shape index (κ2) is 6.41. The standard InChI is InChI=1S/C8H15NO.2C2H6/c1-8-3-2-4-9(8)6-7(10)5-8;2*1-2/h7,10H,2-6H2,1H3;2*1-2H3. The van der Waals surface area contributed by atoms with Crippen LogP contribution in [-0.4, -0.2) is 34.7 Å². The number of aliphatic hydroxyl groups excluding tert-OH is 1. The van der Waals surface area contributed by atoms with Crippen molar-refractivity contribution in [2.45, 2.75) is 65.5 Å². The summed E-state index contributed by atoms with van der Waals surface area (Å²) in [6.07, 6.45) is 3.55. The summed E-state index contributed by atoms with van der Waals surface area (Å²) >= 11 is 0. The summed E-state index contributed by atoms with van der Waals surface area (Å²) in [4.78, 5) is 2.43. The van der Waals surface area contributed by atoms with Gasteiger partial charge in [-0.2, -0.15) is 0 Å². The van der Waals surface area contributed by atoms with Gasteiger partial charge in [0.05, 0.1) is 6.10 Å². The Kier molecular flexibility index (Phi) is 6.38. The zero-order valence-electron chi connectivity index (χ0n) is 10.5. The minimum atomic E-state index is -0.0506. The second-order valence-corrected chi connectivity index (χ2v) is 3.90. The van der Waals surface area contributed by atoms with E-state index in [1.807, 2.05) is 27.7 Å². The number of hydrogen-bond acceptors (Lipinski definition) is 2. The molecule has 2 rings (SSSR count). The quantitative estimate of drug-likeness (QED) is 0.651.